The average molecular weight is 301 g/mol. The summed E-state index contributed by atoms with van der Waals surface area (Å²) in [6, 6.07) is 8.42. The number of carbonyl (C=O) groups is 1. The normalized spacial score (nSPS) is 17.5. The summed E-state index contributed by atoms with van der Waals surface area (Å²) < 4.78 is 0. The topological polar surface area (TPSA) is 72.3 Å². The molecule has 0 saturated carbocycles. The van der Waals surface area contributed by atoms with Crippen molar-refractivity contribution in [2.24, 2.45) is 11.0 Å². The van der Waals surface area contributed by atoms with Crippen LogP contribution in [0.3, 0.4) is 0 Å². The molecule has 0 bridgehead atoms. The monoisotopic (exact) mass is 301 g/mol. The summed E-state index contributed by atoms with van der Waals surface area (Å²) >= 11 is 0. The second-order valence-corrected chi connectivity index (χ2v) is 5.74. The van der Waals surface area contributed by atoms with Gasteiger partial charge in [0.1, 0.15) is 0 Å². The first-order valence-corrected chi connectivity index (χ1v) is 7.74. The number of hydrogen-bond donors (Lipinski definition) is 0. The van der Waals surface area contributed by atoms with E-state index in [-0.39, 0.29) is 11.8 Å². The number of anilines is 1. The van der Waals surface area contributed by atoms with E-state index in [1.165, 1.54) is 11.3 Å². The lowest BCUT2D eigenvalue weighted by molar-refractivity contribution is -0.127. The Bertz CT molecular complexity index is 567. The number of nitrogens with zero attached hydrogens (tertiary/aromatic N) is 5. The lowest BCUT2D eigenvalue weighted by atomic mass is 10.1. The molecule has 1 atom stereocenters. The zero-order valence-corrected chi connectivity index (χ0v) is 13.3. The number of azide groups is 1. The molecule has 1 amide bonds. The van der Waals surface area contributed by atoms with Crippen molar-refractivity contribution in [3.8, 4) is 0 Å². The molecule has 2 rings (SSSR count). The Morgan fingerprint density at radius 1 is 1.50 bits per heavy atom. The molecule has 0 spiro atoms. The molecule has 0 aliphatic carbocycles. The van der Waals surface area contributed by atoms with Crippen LogP contribution in [-0.2, 0) is 4.79 Å². The van der Waals surface area contributed by atoms with Gasteiger partial charge in [-0.3, -0.25) is 4.79 Å². The van der Waals surface area contributed by atoms with Gasteiger partial charge >= 0.3 is 0 Å². The first-order valence-electron chi connectivity index (χ1n) is 7.74. The predicted octanol–water partition coefficient (Wildman–Crippen LogP) is 2.98. The van der Waals surface area contributed by atoms with Crippen molar-refractivity contribution in [3.63, 3.8) is 0 Å². The van der Waals surface area contributed by atoms with Crippen molar-refractivity contribution in [1.29, 1.82) is 0 Å². The number of likely N-dealkylation sites (N-methyl/N-ethyl adjacent to an activating group) is 1. The van der Waals surface area contributed by atoms with Gasteiger partial charge in [-0.15, -0.1) is 0 Å². The highest BCUT2D eigenvalue weighted by Gasteiger charge is 2.28. The second kappa shape index (κ2) is 7.71. The minimum Gasteiger partial charge on any atom is -0.370 e. The molecule has 1 aromatic rings. The highest BCUT2D eigenvalue weighted by atomic mass is 16.2. The Labute approximate surface area is 131 Å². The standard InChI is InChI=1S/C16H23N5O/c1-3-20(15-6-4-5-13(2)9-15)7-8-21-12-14(10-16(21)22)11-18-19-17/h4-6,9,14H,3,7-8,10-12H2,1-2H3. The minimum atomic E-state index is 0.164. The van der Waals surface area contributed by atoms with Crippen LogP contribution in [0.4, 0.5) is 5.69 Å². The maximum atomic E-state index is 12.0. The zero-order valence-electron chi connectivity index (χ0n) is 13.3. The molecule has 1 aromatic carbocycles. The fraction of sp³-hybridized carbons (Fsp3) is 0.562. The van der Waals surface area contributed by atoms with Crippen LogP contribution in [0, 0.1) is 12.8 Å². The molecular weight excluding hydrogens is 278 g/mol. The lowest BCUT2D eigenvalue weighted by Crippen LogP contribution is -2.36. The summed E-state index contributed by atoms with van der Waals surface area (Å²) in [6.07, 6.45) is 0.496. The fourth-order valence-electron chi connectivity index (χ4n) is 2.88. The SMILES string of the molecule is CCN(CCN1CC(CN=[N+]=[N-])CC1=O)c1cccc(C)c1. The van der Waals surface area contributed by atoms with Crippen LogP contribution in [0.5, 0.6) is 0 Å². The highest BCUT2D eigenvalue weighted by molar-refractivity contribution is 5.78. The van der Waals surface area contributed by atoms with Crippen LogP contribution in [0.15, 0.2) is 29.4 Å². The van der Waals surface area contributed by atoms with Gasteiger partial charge in [-0.25, -0.2) is 0 Å². The number of likely N-dealkylation sites (tertiary alicyclic amines) is 1. The Morgan fingerprint density at radius 3 is 3.00 bits per heavy atom. The van der Waals surface area contributed by atoms with Crippen LogP contribution >= 0.6 is 0 Å². The molecule has 22 heavy (non-hydrogen) atoms. The van der Waals surface area contributed by atoms with E-state index >= 15 is 0 Å². The first-order chi connectivity index (χ1) is 10.6. The lowest BCUT2D eigenvalue weighted by Gasteiger charge is -2.26. The molecule has 1 saturated heterocycles. The van der Waals surface area contributed by atoms with E-state index in [1.54, 1.807) is 0 Å². The molecule has 0 N–H and O–H groups in total. The smallest absolute Gasteiger partial charge is 0.222 e. The van der Waals surface area contributed by atoms with Crippen LogP contribution in [0.2, 0.25) is 0 Å². The Hall–Kier alpha value is -2.20. The van der Waals surface area contributed by atoms with Crippen molar-refractivity contribution < 1.29 is 4.79 Å². The molecule has 1 fully saturated rings. The van der Waals surface area contributed by atoms with Gasteiger partial charge in [0, 0.05) is 49.7 Å². The van der Waals surface area contributed by atoms with Crippen molar-refractivity contribution in [1.82, 2.24) is 4.90 Å². The van der Waals surface area contributed by atoms with E-state index in [0.29, 0.717) is 26.1 Å². The van der Waals surface area contributed by atoms with E-state index in [2.05, 4.69) is 53.0 Å². The van der Waals surface area contributed by atoms with Gasteiger partial charge in [-0.05, 0) is 43.0 Å². The molecule has 1 unspecified atom stereocenters. The molecule has 6 nitrogen and oxygen atoms in total. The Morgan fingerprint density at radius 2 is 2.32 bits per heavy atom. The molecule has 1 aliphatic heterocycles. The third kappa shape index (κ3) is 4.15. The number of rotatable bonds is 7. The van der Waals surface area contributed by atoms with Gasteiger partial charge in [0.15, 0.2) is 0 Å². The highest BCUT2D eigenvalue weighted by Crippen LogP contribution is 2.19. The fourth-order valence-corrected chi connectivity index (χ4v) is 2.88. The quantitative estimate of drug-likeness (QED) is 0.441. The van der Waals surface area contributed by atoms with Crippen molar-refractivity contribution >= 4 is 11.6 Å². The van der Waals surface area contributed by atoms with Crippen molar-refractivity contribution in [2.75, 3.05) is 37.6 Å². The third-order valence-electron chi connectivity index (χ3n) is 4.09. The second-order valence-electron chi connectivity index (χ2n) is 5.74. The molecule has 1 heterocycles. The maximum Gasteiger partial charge on any atom is 0.222 e. The van der Waals surface area contributed by atoms with Crippen LogP contribution in [-0.4, -0.2) is 43.5 Å². The van der Waals surface area contributed by atoms with Gasteiger partial charge in [-0.1, -0.05) is 17.2 Å². The summed E-state index contributed by atoms with van der Waals surface area (Å²) in [6.45, 7) is 7.76. The molecule has 0 aromatic heterocycles. The minimum absolute atomic E-state index is 0.164. The Balaban J connectivity index is 1.91. The summed E-state index contributed by atoms with van der Waals surface area (Å²) in [5.41, 5.74) is 10.8. The van der Waals surface area contributed by atoms with Crippen LogP contribution in [0.25, 0.3) is 10.4 Å². The largest absolute Gasteiger partial charge is 0.370 e. The number of hydrogen-bond acceptors (Lipinski definition) is 3. The summed E-state index contributed by atoms with van der Waals surface area (Å²) in [7, 11) is 0. The predicted molar refractivity (Wildman–Crippen MR) is 87.8 cm³/mol. The van der Waals surface area contributed by atoms with Crippen molar-refractivity contribution in [3.05, 3.63) is 40.3 Å². The summed E-state index contributed by atoms with van der Waals surface area (Å²) in [5.74, 6) is 0.330. The average Bonchev–Trinajstić information content (AvgIpc) is 2.86. The maximum absolute atomic E-state index is 12.0. The van der Waals surface area contributed by atoms with E-state index in [9.17, 15) is 4.79 Å². The zero-order chi connectivity index (χ0) is 15.9. The number of carbonyl (C=O) groups excluding carboxylic acids is 1. The number of benzene rings is 1. The summed E-state index contributed by atoms with van der Waals surface area (Å²) in [5, 5.41) is 3.58. The molecule has 118 valence electrons. The van der Waals surface area contributed by atoms with Gasteiger partial charge in [-0.2, -0.15) is 0 Å². The molecule has 1 aliphatic rings. The first kappa shape index (κ1) is 16.2. The van der Waals surface area contributed by atoms with E-state index in [1.807, 2.05) is 4.90 Å². The third-order valence-corrected chi connectivity index (χ3v) is 4.09. The van der Waals surface area contributed by atoms with Gasteiger partial charge in [0.25, 0.3) is 0 Å². The van der Waals surface area contributed by atoms with Gasteiger partial charge in [0.2, 0.25) is 5.91 Å². The van der Waals surface area contributed by atoms with E-state index in [0.717, 1.165) is 13.1 Å². The molecule has 6 heteroatoms. The van der Waals surface area contributed by atoms with E-state index in [4.69, 9.17) is 5.53 Å². The molecule has 0 radical (unpaired) electrons. The van der Waals surface area contributed by atoms with Gasteiger partial charge < -0.3 is 9.80 Å². The van der Waals surface area contributed by atoms with Crippen molar-refractivity contribution in [2.45, 2.75) is 20.3 Å². The number of aryl methyl sites for hydroxylation is 1. The summed E-state index contributed by atoms with van der Waals surface area (Å²) in [4.78, 5) is 18.9. The Kier molecular flexibility index (Phi) is 5.67. The molecular formula is C16H23N5O. The van der Waals surface area contributed by atoms with E-state index < -0.39 is 0 Å². The number of amides is 1. The van der Waals surface area contributed by atoms with Crippen LogP contribution in [0.1, 0.15) is 18.9 Å². The van der Waals surface area contributed by atoms with Crippen LogP contribution < -0.4 is 4.90 Å². The van der Waals surface area contributed by atoms with Gasteiger partial charge in [0.05, 0.1) is 0 Å².